The molecule has 0 radical (unpaired) electrons. The zero-order valence-corrected chi connectivity index (χ0v) is 17.2. The summed E-state index contributed by atoms with van der Waals surface area (Å²) in [6, 6.07) is 11.1. The molecular weight excluding hydrogens is 401 g/mol. The average molecular weight is 420 g/mol. The van der Waals surface area contributed by atoms with Gasteiger partial charge in [-0.3, -0.25) is 9.79 Å². The summed E-state index contributed by atoms with van der Waals surface area (Å²) in [5.74, 6) is 0.179. The summed E-state index contributed by atoms with van der Waals surface area (Å²) in [6.45, 7) is 3.76. The van der Waals surface area contributed by atoms with E-state index in [4.69, 9.17) is 16.3 Å². The molecule has 1 heterocycles. The van der Waals surface area contributed by atoms with Gasteiger partial charge < -0.3 is 10.1 Å². The van der Waals surface area contributed by atoms with E-state index in [0.29, 0.717) is 27.2 Å². The molecule has 0 fully saturated rings. The molecule has 2 aromatic rings. The lowest BCUT2D eigenvalue weighted by Gasteiger charge is -2.09. The van der Waals surface area contributed by atoms with E-state index in [2.05, 4.69) is 15.3 Å². The number of benzene rings is 2. The molecule has 0 aliphatic carbocycles. The van der Waals surface area contributed by atoms with Gasteiger partial charge in [0.2, 0.25) is 5.91 Å². The molecule has 0 spiro atoms. The van der Waals surface area contributed by atoms with Gasteiger partial charge in [0.15, 0.2) is 0 Å². The van der Waals surface area contributed by atoms with Gasteiger partial charge in [-0.1, -0.05) is 23.4 Å². The highest BCUT2D eigenvalue weighted by Crippen LogP contribution is 2.28. The number of carbonyl (C=O) groups excluding carboxylic acids is 1. The summed E-state index contributed by atoms with van der Waals surface area (Å²) in [6.07, 6.45) is 0. The number of hydrogen-bond acceptors (Lipinski definition) is 5. The lowest BCUT2D eigenvalue weighted by molar-refractivity contribution is -0.113. The first-order valence-corrected chi connectivity index (χ1v) is 9.86. The number of halogens is 2. The Morgan fingerprint density at radius 1 is 1.21 bits per heavy atom. The molecule has 146 valence electrons. The Kier molecular flexibility index (Phi) is 6.05. The van der Waals surface area contributed by atoms with Gasteiger partial charge >= 0.3 is 0 Å². The van der Waals surface area contributed by atoms with Gasteiger partial charge in [0.05, 0.1) is 23.6 Å². The number of rotatable bonds is 5. The predicted octanol–water partition coefficient (Wildman–Crippen LogP) is 4.80. The van der Waals surface area contributed by atoms with Crippen LogP contribution in [0.4, 0.5) is 10.1 Å². The third-order valence-corrected chi connectivity index (χ3v) is 5.12. The maximum atomic E-state index is 13.2. The van der Waals surface area contributed by atoms with Crippen LogP contribution in [0, 0.1) is 5.82 Å². The maximum absolute atomic E-state index is 13.2. The highest BCUT2D eigenvalue weighted by Gasteiger charge is 2.28. The third kappa shape index (κ3) is 4.91. The number of anilines is 1. The van der Waals surface area contributed by atoms with Gasteiger partial charge in [0.1, 0.15) is 22.3 Å². The smallest absolute Gasteiger partial charge is 0.234 e. The van der Waals surface area contributed by atoms with Gasteiger partial charge in [-0.05, 0) is 56.3 Å². The number of thioether (sulfide) groups is 1. The lowest BCUT2D eigenvalue weighted by atomic mass is 10.1. The molecule has 28 heavy (non-hydrogen) atoms. The number of nitrogens with one attached hydrogen (secondary N) is 1. The number of carbonyl (C=O) groups is 1. The number of methoxy groups -OCH3 is 1. The summed E-state index contributed by atoms with van der Waals surface area (Å²) >= 11 is 7.37. The number of aliphatic imine (C=N–C) groups is 2. The van der Waals surface area contributed by atoms with Crippen molar-refractivity contribution in [1.82, 2.24) is 0 Å². The molecule has 0 atom stereocenters. The maximum Gasteiger partial charge on any atom is 0.234 e. The van der Waals surface area contributed by atoms with Crippen molar-refractivity contribution in [2.75, 3.05) is 18.2 Å². The van der Waals surface area contributed by atoms with Gasteiger partial charge in [-0.15, -0.1) is 0 Å². The SMILES string of the molecule is COc1ccc(NC(=O)CSC2=NC(C)(C)N=C2c2ccc(F)cc2)cc1Cl. The quantitative estimate of drug-likeness (QED) is 0.757. The van der Waals surface area contributed by atoms with E-state index in [-0.39, 0.29) is 17.5 Å². The topological polar surface area (TPSA) is 63.0 Å². The summed E-state index contributed by atoms with van der Waals surface area (Å²) in [5, 5.41) is 3.87. The van der Waals surface area contributed by atoms with E-state index < -0.39 is 5.66 Å². The molecular formula is C20H19ClFN3O2S. The van der Waals surface area contributed by atoms with Crippen LogP contribution in [0.15, 0.2) is 52.4 Å². The predicted molar refractivity (Wildman–Crippen MR) is 114 cm³/mol. The number of ether oxygens (including phenoxy) is 1. The van der Waals surface area contributed by atoms with Gasteiger partial charge in [-0.2, -0.15) is 0 Å². The first kappa shape index (κ1) is 20.4. The van der Waals surface area contributed by atoms with Gasteiger partial charge in [0, 0.05) is 11.3 Å². The second kappa shape index (κ2) is 8.32. The monoisotopic (exact) mass is 419 g/mol. The fraction of sp³-hybridized carbons (Fsp3) is 0.250. The molecule has 0 saturated carbocycles. The highest BCUT2D eigenvalue weighted by molar-refractivity contribution is 8.16. The van der Waals surface area contributed by atoms with Gasteiger partial charge in [0.25, 0.3) is 0 Å². The summed E-state index contributed by atoms with van der Waals surface area (Å²) in [7, 11) is 1.53. The van der Waals surface area contributed by atoms with E-state index in [1.54, 1.807) is 30.3 Å². The van der Waals surface area contributed by atoms with E-state index in [0.717, 1.165) is 5.56 Å². The summed E-state index contributed by atoms with van der Waals surface area (Å²) < 4.78 is 18.3. The zero-order valence-electron chi connectivity index (χ0n) is 15.6. The van der Waals surface area contributed by atoms with Crippen LogP contribution in [-0.4, -0.2) is 35.2 Å². The molecule has 3 rings (SSSR count). The Morgan fingerprint density at radius 3 is 2.57 bits per heavy atom. The van der Waals surface area contributed by atoms with Crippen LogP contribution >= 0.6 is 23.4 Å². The average Bonchev–Trinajstić information content (AvgIpc) is 2.95. The molecule has 5 nitrogen and oxygen atoms in total. The van der Waals surface area contributed by atoms with Crippen LogP contribution in [0.3, 0.4) is 0 Å². The molecule has 1 N–H and O–H groups in total. The lowest BCUT2D eigenvalue weighted by Crippen LogP contribution is -2.17. The van der Waals surface area contributed by atoms with Crippen LogP contribution in [0.25, 0.3) is 0 Å². The fourth-order valence-electron chi connectivity index (χ4n) is 2.62. The van der Waals surface area contributed by atoms with Crippen molar-refractivity contribution in [1.29, 1.82) is 0 Å². The number of amides is 1. The first-order valence-electron chi connectivity index (χ1n) is 8.49. The van der Waals surface area contributed by atoms with Crippen molar-refractivity contribution in [3.63, 3.8) is 0 Å². The van der Waals surface area contributed by atoms with Crippen molar-refractivity contribution in [2.45, 2.75) is 19.5 Å². The zero-order chi connectivity index (χ0) is 20.3. The van der Waals surface area contributed by atoms with E-state index in [1.807, 2.05) is 13.8 Å². The Balaban J connectivity index is 1.67. The van der Waals surface area contributed by atoms with E-state index in [9.17, 15) is 9.18 Å². The summed E-state index contributed by atoms with van der Waals surface area (Å²) in [5.41, 5.74) is 1.39. The van der Waals surface area contributed by atoms with Crippen molar-refractivity contribution >= 4 is 45.7 Å². The normalized spacial score (nSPS) is 15.0. The minimum atomic E-state index is -0.619. The highest BCUT2D eigenvalue weighted by atomic mass is 35.5. The first-order chi connectivity index (χ1) is 13.3. The van der Waals surface area contributed by atoms with E-state index >= 15 is 0 Å². The van der Waals surface area contributed by atoms with Crippen molar-refractivity contribution in [3.8, 4) is 5.75 Å². The number of hydrogen-bond donors (Lipinski definition) is 1. The Hall–Kier alpha value is -2.38. The van der Waals surface area contributed by atoms with Crippen LogP contribution in [0.2, 0.25) is 5.02 Å². The molecule has 0 unspecified atom stereocenters. The second-order valence-electron chi connectivity index (χ2n) is 6.56. The van der Waals surface area contributed by atoms with Gasteiger partial charge in [-0.25, -0.2) is 9.38 Å². The fourth-order valence-corrected chi connectivity index (χ4v) is 3.81. The minimum absolute atomic E-state index is 0.152. The van der Waals surface area contributed by atoms with E-state index in [1.165, 1.54) is 31.0 Å². The second-order valence-corrected chi connectivity index (χ2v) is 7.94. The molecule has 0 saturated heterocycles. The van der Waals surface area contributed by atoms with Crippen molar-refractivity contribution in [2.24, 2.45) is 9.98 Å². The number of nitrogens with zero attached hydrogens (tertiary/aromatic N) is 2. The molecule has 0 bridgehead atoms. The molecule has 0 aromatic heterocycles. The molecule has 2 aromatic carbocycles. The largest absolute Gasteiger partial charge is 0.495 e. The minimum Gasteiger partial charge on any atom is -0.495 e. The van der Waals surface area contributed by atoms with Crippen molar-refractivity contribution < 1.29 is 13.9 Å². The molecule has 1 amide bonds. The third-order valence-electron chi connectivity index (χ3n) is 3.86. The van der Waals surface area contributed by atoms with Crippen LogP contribution in [0.5, 0.6) is 5.75 Å². The van der Waals surface area contributed by atoms with Crippen LogP contribution < -0.4 is 10.1 Å². The molecule has 1 aliphatic heterocycles. The summed E-state index contributed by atoms with van der Waals surface area (Å²) in [4.78, 5) is 21.5. The van der Waals surface area contributed by atoms with Crippen molar-refractivity contribution in [3.05, 3.63) is 58.9 Å². The standard InChI is InChI=1S/C20H19ClFN3O2S/c1-20(2)24-18(12-4-6-13(22)7-5-12)19(25-20)28-11-17(26)23-14-8-9-16(27-3)15(21)10-14/h4-10H,11H2,1-3H3,(H,23,26). The Labute approximate surface area is 172 Å². The Morgan fingerprint density at radius 2 is 1.93 bits per heavy atom. The Bertz CT molecular complexity index is 958. The van der Waals surface area contributed by atoms with Crippen LogP contribution in [-0.2, 0) is 4.79 Å². The molecule has 8 heteroatoms. The molecule has 1 aliphatic rings. The van der Waals surface area contributed by atoms with Crippen LogP contribution in [0.1, 0.15) is 19.4 Å².